The summed E-state index contributed by atoms with van der Waals surface area (Å²) in [5.74, 6) is 0.185. The van der Waals surface area contributed by atoms with Gasteiger partial charge in [-0.25, -0.2) is 14.1 Å². The van der Waals surface area contributed by atoms with Crippen LogP contribution < -0.4 is 4.90 Å². The van der Waals surface area contributed by atoms with Gasteiger partial charge in [-0.1, -0.05) is 32.0 Å². The van der Waals surface area contributed by atoms with Crippen LogP contribution in [0.3, 0.4) is 0 Å². The number of rotatable bonds is 5. The van der Waals surface area contributed by atoms with Crippen LogP contribution in [0.15, 0.2) is 54.9 Å². The van der Waals surface area contributed by atoms with Crippen LogP contribution in [-0.4, -0.2) is 26.3 Å². The van der Waals surface area contributed by atoms with Gasteiger partial charge >= 0.3 is 6.18 Å². The van der Waals surface area contributed by atoms with Crippen molar-refractivity contribution in [3.05, 3.63) is 94.2 Å². The molecule has 4 heterocycles. The van der Waals surface area contributed by atoms with Crippen LogP contribution in [-0.2, 0) is 32.0 Å². The number of benzene rings is 2. The topological polar surface area (TPSA) is 49.7 Å². The van der Waals surface area contributed by atoms with Crippen LogP contribution in [0.1, 0.15) is 47.4 Å². The van der Waals surface area contributed by atoms with Gasteiger partial charge in [-0.15, -0.1) is 0 Å². The summed E-state index contributed by atoms with van der Waals surface area (Å²) in [6.07, 6.45) is 0.409. The molecule has 0 amide bonds. The fourth-order valence-corrected chi connectivity index (χ4v) is 5.86. The van der Waals surface area contributed by atoms with E-state index in [4.69, 9.17) is 5.10 Å². The Morgan fingerprint density at radius 2 is 1.77 bits per heavy atom. The maximum Gasteiger partial charge on any atom is 0.417 e. The van der Waals surface area contributed by atoms with Crippen molar-refractivity contribution in [2.75, 3.05) is 11.4 Å². The summed E-state index contributed by atoms with van der Waals surface area (Å²) >= 11 is 0. The number of H-pyrrole nitrogens is 1. The monoisotopic (exact) mass is 547 g/mol. The van der Waals surface area contributed by atoms with E-state index in [0.717, 1.165) is 69.8 Å². The molecule has 5 aromatic rings. The average Bonchev–Trinajstić information content (AvgIpc) is 3.58. The van der Waals surface area contributed by atoms with Gasteiger partial charge < -0.3 is 9.88 Å². The van der Waals surface area contributed by atoms with E-state index in [9.17, 15) is 17.6 Å². The van der Waals surface area contributed by atoms with Crippen LogP contribution in [0, 0.1) is 12.7 Å². The number of hydrogen-bond acceptors (Lipinski definition) is 3. The predicted octanol–water partition coefficient (Wildman–Crippen LogP) is 7.57. The number of para-hydroxylation sites is 1. The molecule has 0 spiro atoms. The van der Waals surface area contributed by atoms with Crippen molar-refractivity contribution in [3.8, 4) is 16.9 Å². The highest BCUT2D eigenvalue weighted by molar-refractivity contribution is 5.96. The summed E-state index contributed by atoms with van der Waals surface area (Å²) in [5.41, 5.74) is 7.08. The van der Waals surface area contributed by atoms with Gasteiger partial charge in [0.15, 0.2) is 0 Å². The quantitative estimate of drug-likeness (QED) is 0.231. The fourth-order valence-electron chi connectivity index (χ4n) is 5.86. The number of hydrogen-bond donors (Lipinski definition) is 1. The lowest BCUT2D eigenvalue weighted by atomic mass is 9.97. The summed E-state index contributed by atoms with van der Waals surface area (Å²) in [5, 5.41) is 5.89. The highest BCUT2D eigenvalue weighted by atomic mass is 19.4. The standard InChI is InChI=1S/C31H29F4N5/c1-4-19-7-6-8-20(5-2)28(19)40-29(23-9-10-25(32)27-22(23)11-13-36-27)24-17-39(14-12-26(24)38-40)30-18(3)15-21(16-37-30)31(33,34)35/h6-11,13,15-16,36H,4-5,12,14,17H2,1-3H3. The summed E-state index contributed by atoms with van der Waals surface area (Å²) in [4.78, 5) is 9.27. The zero-order valence-electron chi connectivity index (χ0n) is 22.5. The molecular weight excluding hydrogens is 518 g/mol. The molecule has 5 nitrogen and oxygen atoms in total. The Hall–Kier alpha value is -4.14. The van der Waals surface area contributed by atoms with E-state index < -0.39 is 11.7 Å². The Bertz CT molecular complexity index is 1710. The first-order chi connectivity index (χ1) is 19.2. The second-order valence-corrected chi connectivity index (χ2v) is 10.2. The molecule has 0 saturated carbocycles. The number of aromatic amines is 1. The zero-order chi connectivity index (χ0) is 28.2. The third kappa shape index (κ3) is 4.24. The Morgan fingerprint density at radius 3 is 2.45 bits per heavy atom. The average molecular weight is 548 g/mol. The van der Waals surface area contributed by atoms with E-state index >= 15 is 0 Å². The number of alkyl halides is 3. The van der Waals surface area contributed by atoms with Gasteiger partial charge in [0.05, 0.1) is 28.2 Å². The molecule has 0 fully saturated rings. The van der Waals surface area contributed by atoms with Crippen LogP contribution in [0.5, 0.6) is 0 Å². The SMILES string of the molecule is CCc1cccc(CC)c1-n1nc2c(c1-c1ccc(F)c3[nH]ccc13)CN(c1ncc(C(F)(F)F)cc1C)CC2. The van der Waals surface area contributed by atoms with E-state index in [1.54, 1.807) is 19.2 Å². The van der Waals surface area contributed by atoms with Crippen LogP contribution >= 0.6 is 0 Å². The molecular formula is C31H29F4N5. The second-order valence-electron chi connectivity index (χ2n) is 10.2. The van der Waals surface area contributed by atoms with E-state index in [1.165, 1.54) is 6.07 Å². The highest BCUT2D eigenvalue weighted by Gasteiger charge is 2.33. The van der Waals surface area contributed by atoms with Gasteiger partial charge in [0.25, 0.3) is 0 Å². The van der Waals surface area contributed by atoms with Crippen molar-refractivity contribution in [2.24, 2.45) is 0 Å². The van der Waals surface area contributed by atoms with Crippen molar-refractivity contribution in [1.82, 2.24) is 19.7 Å². The molecule has 0 radical (unpaired) electrons. The van der Waals surface area contributed by atoms with Gasteiger partial charge in [0.2, 0.25) is 0 Å². The van der Waals surface area contributed by atoms with Gasteiger partial charge in [-0.05, 0) is 60.7 Å². The minimum Gasteiger partial charge on any atom is -0.359 e. The molecule has 1 aliphatic rings. The first-order valence-electron chi connectivity index (χ1n) is 13.5. The van der Waals surface area contributed by atoms with E-state index in [0.29, 0.717) is 36.4 Å². The highest BCUT2D eigenvalue weighted by Crippen LogP contribution is 2.40. The number of fused-ring (bicyclic) bond motifs is 2. The molecule has 9 heteroatoms. The molecule has 1 aliphatic heterocycles. The summed E-state index contributed by atoms with van der Waals surface area (Å²) in [6.45, 7) is 6.88. The minimum atomic E-state index is -4.45. The third-order valence-electron chi connectivity index (χ3n) is 7.82. The predicted molar refractivity (Wildman–Crippen MR) is 148 cm³/mol. The van der Waals surface area contributed by atoms with E-state index in [-0.39, 0.29) is 5.82 Å². The van der Waals surface area contributed by atoms with Crippen molar-refractivity contribution in [3.63, 3.8) is 0 Å². The Kier molecular flexibility index (Phi) is 6.40. The summed E-state index contributed by atoms with van der Waals surface area (Å²) in [7, 11) is 0. The number of pyridine rings is 1. The molecule has 3 aromatic heterocycles. The van der Waals surface area contributed by atoms with E-state index in [1.807, 2.05) is 15.6 Å². The first-order valence-corrected chi connectivity index (χ1v) is 13.5. The smallest absolute Gasteiger partial charge is 0.359 e. The number of anilines is 1. The number of aromatic nitrogens is 4. The number of aryl methyl sites for hydroxylation is 3. The van der Waals surface area contributed by atoms with Gasteiger partial charge in [-0.2, -0.15) is 18.3 Å². The normalized spacial score (nSPS) is 13.7. The summed E-state index contributed by atoms with van der Waals surface area (Å²) < 4.78 is 56.7. The largest absolute Gasteiger partial charge is 0.417 e. The Balaban J connectivity index is 1.56. The maximum atomic E-state index is 14.7. The Morgan fingerprint density at radius 1 is 1.02 bits per heavy atom. The Labute approximate surface area is 229 Å². The molecule has 0 aliphatic carbocycles. The molecule has 206 valence electrons. The zero-order valence-corrected chi connectivity index (χ0v) is 22.5. The number of nitrogens with zero attached hydrogens (tertiary/aromatic N) is 4. The van der Waals surface area contributed by atoms with Gasteiger partial charge in [0, 0.05) is 48.4 Å². The number of halogens is 4. The van der Waals surface area contributed by atoms with Gasteiger partial charge in [0.1, 0.15) is 11.6 Å². The lowest BCUT2D eigenvalue weighted by molar-refractivity contribution is -0.137. The molecule has 0 atom stereocenters. The third-order valence-corrected chi connectivity index (χ3v) is 7.82. The molecule has 6 rings (SSSR count). The molecule has 40 heavy (non-hydrogen) atoms. The maximum absolute atomic E-state index is 14.7. The fraction of sp³-hybridized carbons (Fsp3) is 0.290. The second kappa shape index (κ2) is 9.80. The lowest BCUT2D eigenvalue weighted by Gasteiger charge is -2.29. The summed E-state index contributed by atoms with van der Waals surface area (Å²) in [6, 6.07) is 12.6. The molecule has 2 aromatic carbocycles. The van der Waals surface area contributed by atoms with Crippen molar-refractivity contribution < 1.29 is 17.6 Å². The van der Waals surface area contributed by atoms with Crippen molar-refractivity contribution in [1.29, 1.82) is 0 Å². The van der Waals surface area contributed by atoms with Crippen molar-refractivity contribution in [2.45, 2.75) is 52.8 Å². The van der Waals surface area contributed by atoms with Gasteiger partial charge in [-0.3, -0.25) is 0 Å². The van der Waals surface area contributed by atoms with Crippen LogP contribution in [0.2, 0.25) is 0 Å². The van der Waals surface area contributed by atoms with E-state index in [2.05, 4.69) is 42.0 Å². The van der Waals surface area contributed by atoms with Crippen LogP contribution in [0.4, 0.5) is 23.4 Å². The van der Waals surface area contributed by atoms with Crippen molar-refractivity contribution >= 4 is 16.7 Å². The molecule has 0 bridgehead atoms. The first kappa shape index (κ1) is 26.1. The molecule has 0 unspecified atom stereocenters. The van der Waals surface area contributed by atoms with Crippen LogP contribution in [0.25, 0.3) is 27.8 Å². The number of nitrogens with one attached hydrogen (secondary N) is 1. The minimum absolute atomic E-state index is 0.335. The molecule has 1 N–H and O–H groups in total. The molecule has 0 saturated heterocycles. The lowest BCUT2D eigenvalue weighted by Crippen LogP contribution is -2.31.